The van der Waals surface area contributed by atoms with E-state index in [1.165, 1.54) is 12.8 Å². The Morgan fingerprint density at radius 3 is 0.733 bits per heavy atom. The summed E-state index contributed by atoms with van der Waals surface area (Å²) in [4.78, 5) is 91.5. The lowest BCUT2D eigenvalue weighted by molar-refractivity contribution is -0.206. The second-order valence-corrected chi connectivity index (χ2v) is 35.3. The maximum absolute atomic E-state index is 12.7. The Morgan fingerprint density at radius 1 is 0.240 bits per heavy atom. The predicted molar refractivity (Wildman–Crippen MR) is 530 cm³/mol. The molecule has 60 heteroatoms. The van der Waals surface area contributed by atoms with Gasteiger partial charge in [-0.25, -0.2) is 4.79 Å². The lowest BCUT2D eigenvalue weighted by Crippen LogP contribution is -2.56. The second kappa shape index (κ2) is 88.2. The number of hydrogen-bond acceptors (Lipinski definition) is 55. The molecule has 1 saturated heterocycles. The van der Waals surface area contributed by atoms with Crippen molar-refractivity contribution in [1.29, 1.82) is 0 Å². The van der Waals surface area contributed by atoms with Gasteiger partial charge in [-0.15, -0.1) is 0 Å². The SMILES string of the molecule is NCCCCCN(CCN(CCN)CCN)CCN(CCNCCN)CCNCCN(CCN)CCN.NCCN(CCNC(=O)C(O)C(O)C(O)C(O)CO)CCN(CCCCCNC(=O)C(O)C(O)C(O)C(O)CO)CCN(CCNCCNC(=O)C(O)C(O)C(O)C(O)CO)CCNCCN(CCNC(=O)C(O)C(O)C(O)C(O)CO)CCNC(=O)C(O)C(O)C(O)C(O)CO.O=C1OC(CO)C(O)C(O)C1O. The van der Waals surface area contributed by atoms with Gasteiger partial charge in [0, 0.05) is 268 Å². The van der Waals surface area contributed by atoms with Gasteiger partial charge in [0.1, 0.15) is 104 Å². The third-order valence-electron chi connectivity index (χ3n) is 23.9. The molecule has 0 bridgehead atoms. The van der Waals surface area contributed by atoms with Gasteiger partial charge in [-0.2, -0.15) is 0 Å². The topological polar surface area (TPSA) is 1010 Å². The maximum atomic E-state index is 12.7. The first kappa shape index (κ1) is 143. The number of ether oxygens (including phenoxy) is 1. The van der Waals surface area contributed by atoms with Crippen molar-refractivity contribution in [3.8, 4) is 0 Å². The molecular formula is C86H188N24O36. The van der Waals surface area contributed by atoms with Gasteiger partial charge in [0.05, 0.1) is 39.6 Å². The van der Waals surface area contributed by atoms with Gasteiger partial charge >= 0.3 is 5.97 Å². The summed E-state index contributed by atoms with van der Waals surface area (Å²) in [7, 11) is 0. The average molecular weight is 2130 g/mol. The van der Waals surface area contributed by atoms with E-state index in [1.54, 1.807) is 4.90 Å². The molecule has 1 heterocycles. The van der Waals surface area contributed by atoms with Crippen LogP contribution in [-0.2, 0) is 33.5 Å². The lowest BCUT2D eigenvalue weighted by atomic mass is 10.0. The third-order valence-corrected chi connectivity index (χ3v) is 23.9. The monoisotopic (exact) mass is 2130 g/mol. The van der Waals surface area contributed by atoms with Crippen LogP contribution in [0.25, 0.3) is 0 Å². The number of hydrogen-bond donors (Lipinski definition) is 45. The fourth-order valence-corrected chi connectivity index (χ4v) is 14.4. The molecule has 1 aliphatic heterocycles. The molecule has 0 aromatic heterocycles. The number of nitrogens with one attached hydrogen (secondary N) is 9. The van der Waals surface area contributed by atoms with Crippen molar-refractivity contribution in [2.45, 2.75) is 185 Å². The summed E-state index contributed by atoms with van der Waals surface area (Å²) in [5.74, 6) is -6.60. The number of nitrogens with zero attached hydrogens (tertiary/aromatic N) is 8. The highest BCUT2D eigenvalue weighted by molar-refractivity contribution is 5.83. The van der Waals surface area contributed by atoms with Gasteiger partial charge in [-0.3, -0.25) is 53.4 Å². The van der Waals surface area contributed by atoms with Gasteiger partial charge in [-0.05, 0) is 45.3 Å². The van der Waals surface area contributed by atoms with Gasteiger partial charge in [0.25, 0.3) is 29.5 Å². The summed E-state index contributed by atoms with van der Waals surface area (Å²) in [5.41, 5.74) is 40.4. The Kier molecular flexibility index (Phi) is 86.4. The van der Waals surface area contributed by atoms with Crippen LogP contribution in [0.15, 0.2) is 0 Å². The number of carbonyl (C=O) groups is 6. The Bertz CT molecular complexity index is 3140. The van der Waals surface area contributed by atoms with E-state index in [1.807, 2.05) is 9.80 Å². The van der Waals surface area contributed by atoms with Gasteiger partial charge < -0.3 is 251 Å². The number of cyclic esters (lactones) is 1. The minimum atomic E-state index is -2.26. The summed E-state index contributed by atoms with van der Waals surface area (Å²) in [6.45, 7) is 18.0. The van der Waals surface area contributed by atoms with Crippen LogP contribution in [0.4, 0.5) is 0 Å². The van der Waals surface area contributed by atoms with Crippen molar-refractivity contribution in [3.63, 3.8) is 0 Å². The number of aliphatic hydroxyl groups is 29. The second-order valence-electron chi connectivity index (χ2n) is 35.3. The number of rotatable bonds is 91. The zero-order valence-corrected chi connectivity index (χ0v) is 84.4. The van der Waals surface area contributed by atoms with Crippen LogP contribution in [0.2, 0.25) is 0 Å². The maximum Gasteiger partial charge on any atom is 0.338 e. The number of esters is 1. The first-order valence-corrected chi connectivity index (χ1v) is 50.0. The van der Waals surface area contributed by atoms with Crippen molar-refractivity contribution < 1.29 is 182 Å². The number of unbranched alkanes of at least 4 members (excludes halogenated alkanes) is 4. The molecule has 0 aliphatic carbocycles. The molecule has 146 heavy (non-hydrogen) atoms. The summed E-state index contributed by atoms with van der Waals surface area (Å²) in [6, 6.07) is 0. The number of aliphatic hydroxyl groups excluding tert-OH is 29. The minimum Gasteiger partial charge on any atom is -0.455 e. The Labute approximate surface area is 853 Å². The first-order valence-electron chi connectivity index (χ1n) is 50.0. The summed E-state index contributed by atoms with van der Waals surface area (Å²) >= 11 is 0. The molecule has 1 fully saturated rings. The molecule has 0 saturated carbocycles. The molecule has 24 atom stereocenters. The van der Waals surface area contributed by atoms with Gasteiger partial charge in [0.15, 0.2) is 42.7 Å². The highest BCUT2D eigenvalue weighted by atomic mass is 16.6. The Hall–Kier alpha value is -5.10. The van der Waals surface area contributed by atoms with Crippen LogP contribution in [0, 0.1) is 0 Å². The molecule has 52 N–H and O–H groups in total. The van der Waals surface area contributed by atoms with E-state index >= 15 is 0 Å². The molecule has 1 rings (SSSR count). The molecule has 60 nitrogen and oxygen atoms in total. The molecule has 24 unspecified atom stereocenters. The molecule has 0 aromatic carbocycles. The highest BCUT2D eigenvalue weighted by Crippen LogP contribution is 2.17. The smallest absolute Gasteiger partial charge is 0.338 e. The summed E-state index contributed by atoms with van der Waals surface area (Å²) in [6.07, 6.45) is -42.6. The van der Waals surface area contributed by atoms with E-state index in [4.69, 9.17) is 86.1 Å². The zero-order chi connectivity index (χ0) is 111. The predicted octanol–water partition coefficient (Wildman–Crippen LogP) is -27.5. The number of carbonyl (C=O) groups excluding carboxylic acids is 6. The Balaban J connectivity index is 0. The van der Waals surface area contributed by atoms with Crippen molar-refractivity contribution in [1.82, 2.24) is 87.1 Å². The number of amides is 5. The highest BCUT2D eigenvalue weighted by Gasteiger charge is 2.44. The van der Waals surface area contributed by atoms with Crippen LogP contribution < -0.4 is 88.0 Å². The van der Waals surface area contributed by atoms with E-state index in [-0.39, 0.29) is 85.1 Å². The van der Waals surface area contributed by atoms with Crippen molar-refractivity contribution in [2.24, 2.45) is 40.1 Å². The largest absolute Gasteiger partial charge is 0.455 e. The molecule has 1 aliphatic rings. The van der Waals surface area contributed by atoms with Crippen LogP contribution in [-0.4, -0.2) is 697 Å². The van der Waals surface area contributed by atoms with Crippen molar-refractivity contribution in [2.75, 3.05) is 328 Å². The van der Waals surface area contributed by atoms with Crippen LogP contribution in [0.3, 0.4) is 0 Å². The van der Waals surface area contributed by atoms with Crippen LogP contribution >= 0.6 is 0 Å². The fourth-order valence-electron chi connectivity index (χ4n) is 14.4. The Morgan fingerprint density at radius 2 is 0.466 bits per heavy atom. The van der Waals surface area contributed by atoms with E-state index in [0.717, 1.165) is 118 Å². The van der Waals surface area contributed by atoms with Crippen LogP contribution in [0.5, 0.6) is 0 Å². The zero-order valence-electron chi connectivity index (χ0n) is 84.4. The van der Waals surface area contributed by atoms with Crippen molar-refractivity contribution in [3.05, 3.63) is 0 Å². The lowest BCUT2D eigenvalue weighted by Gasteiger charge is -2.32. The first-order chi connectivity index (χ1) is 69.5. The normalized spacial score (nSPS) is 18.8. The van der Waals surface area contributed by atoms with E-state index in [9.17, 15) is 131 Å². The minimum absolute atomic E-state index is 0.0127. The van der Waals surface area contributed by atoms with Crippen LogP contribution in [0.1, 0.15) is 38.5 Å². The summed E-state index contributed by atoms with van der Waals surface area (Å²) in [5, 5.41) is 307. The molecule has 0 aromatic rings. The van der Waals surface area contributed by atoms with E-state index in [0.29, 0.717) is 111 Å². The van der Waals surface area contributed by atoms with Gasteiger partial charge in [-0.1, -0.05) is 12.8 Å². The molecule has 0 radical (unpaired) electrons. The van der Waals surface area contributed by atoms with E-state index in [2.05, 4.69) is 77.1 Å². The standard InChI is InChI=1S/C55H114N12O30.C25H64N12.C6H10O6/c56-4-15-65(19-11-61-53(95)48(90)43(85)38(80)33(75)28-70)24-22-64(14-3-1-2-5-59-51(93)46(88)41(83)36(78)31(73)26-68)23-25-67(17-8-57-6-7-60-52(94)47(89)42(84)37(79)32(74)27-69)18-10-58-9-16-66(20-12-62-54(96)49(91)44(86)39(81)34(76)29-71)21-13-63-55(97)50(92)45(87)40(82)35(77)30-72;26-4-2-1-3-14-34(22-24-36(17-8-30)18-9-31)23-25-37(20-11-32-10-5-27)21-13-33-12-19-35(15-6-28)16-7-29;7-1-2-3(8)4(9)5(10)6(11)12-2/h31-50,57-58,68-92H,1-30,56H2,(H,59,93)(H,60,94)(H,61,95)(H,62,96)(H,63,97);32-33H,1-31H2;2-5,7-10H,1H2. The molecule has 5 amide bonds. The molecule has 868 valence electrons. The third kappa shape index (κ3) is 62.3. The van der Waals surface area contributed by atoms with Gasteiger partial charge in [0.2, 0.25) is 0 Å². The molecule has 0 spiro atoms. The number of nitrogens with two attached hydrogens (primary N) is 7. The van der Waals surface area contributed by atoms with Crippen molar-refractivity contribution >= 4 is 35.5 Å². The average Bonchev–Trinajstić information content (AvgIpc) is 0.829. The summed E-state index contributed by atoms with van der Waals surface area (Å²) < 4.78 is 4.38. The molecular weight excluding hydrogens is 1950 g/mol. The van der Waals surface area contributed by atoms with E-state index < -0.39 is 222 Å². The quantitative estimate of drug-likeness (QED) is 0.0199. The fraction of sp³-hybridized carbons (Fsp3) is 0.930.